The Hall–Kier alpha value is -0.0400. The summed E-state index contributed by atoms with van der Waals surface area (Å²) in [6.45, 7) is 4.97. The van der Waals surface area contributed by atoms with Gasteiger partial charge in [-0.2, -0.15) is 0 Å². The Morgan fingerprint density at radius 1 is 1.00 bits per heavy atom. The Balaban J connectivity index is 1.92. The van der Waals surface area contributed by atoms with Crippen LogP contribution in [0.2, 0.25) is 0 Å². The molecule has 1 heteroatoms. The van der Waals surface area contributed by atoms with Crippen molar-refractivity contribution in [1.29, 1.82) is 0 Å². The van der Waals surface area contributed by atoms with Crippen LogP contribution in [0.15, 0.2) is 0 Å². The van der Waals surface area contributed by atoms with E-state index in [0.717, 1.165) is 17.8 Å². The van der Waals surface area contributed by atoms with Gasteiger partial charge in [-0.1, -0.05) is 39.0 Å². The molecule has 0 amide bonds. The molecular weight excluding hydrogens is 182 g/mol. The topological polar surface area (TPSA) is 12.0 Å². The molecule has 1 nitrogen and oxygen atoms in total. The van der Waals surface area contributed by atoms with Crippen molar-refractivity contribution in [3.63, 3.8) is 0 Å². The fraction of sp³-hybridized carbons (Fsp3) is 1.00. The third kappa shape index (κ3) is 2.96. The third-order valence-electron chi connectivity index (χ3n) is 4.68. The zero-order valence-corrected chi connectivity index (χ0v) is 10.3. The van der Waals surface area contributed by atoms with Crippen molar-refractivity contribution in [2.45, 2.75) is 58.3 Å². The lowest BCUT2D eigenvalue weighted by molar-refractivity contribution is 0.150. The second kappa shape index (κ2) is 5.89. The number of rotatable bonds is 2. The van der Waals surface area contributed by atoms with Crippen LogP contribution < -0.4 is 5.32 Å². The van der Waals surface area contributed by atoms with Gasteiger partial charge in [0.25, 0.3) is 0 Å². The van der Waals surface area contributed by atoms with Crippen molar-refractivity contribution in [3.8, 4) is 0 Å². The minimum absolute atomic E-state index is 0.998. The summed E-state index contributed by atoms with van der Waals surface area (Å²) in [5.74, 6) is 3.09. The molecule has 1 saturated heterocycles. The van der Waals surface area contributed by atoms with E-state index in [0.29, 0.717) is 0 Å². The highest BCUT2D eigenvalue weighted by molar-refractivity contribution is 4.82. The van der Waals surface area contributed by atoms with Crippen molar-refractivity contribution in [3.05, 3.63) is 0 Å². The summed E-state index contributed by atoms with van der Waals surface area (Å²) in [6.07, 6.45) is 11.8. The quantitative estimate of drug-likeness (QED) is 0.733. The van der Waals surface area contributed by atoms with E-state index in [-0.39, 0.29) is 0 Å². The predicted octanol–water partition coefficient (Wildman–Crippen LogP) is 3.59. The number of nitrogens with one attached hydrogen (secondary N) is 1. The monoisotopic (exact) mass is 209 g/mol. The maximum atomic E-state index is 3.64. The third-order valence-corrected chi connectivity index (χ3v) is 4.68. The summed E-state index contributed by atoms with van der Waals surface area (Å²) in [4.78, 5) is 0. The molecule has 1 aliphatic heterocycles. The van der Waals surface area contributed by atoms with Gasteiger partial charge in [0.15, 0.2) is 0 Å². The zero-order valence-electron chi connectivity index (χ0n) is 10.3. The first-order chi connectivity index (χ1) is 7.42. The van der Waals surface area contributed by atoms with Crippen molar-refractivity contribution >= 4 is 0 Å². The predicted molar refractivity (Wildman–Crippen MR) is 65.9 cm³/mol. The van der Waals surface area contributed by atoms with Crippen molar-refractivity contribution < 1.29 is 0 Å². The highest BCUT2D eigenvalue weighted by atomic mass is 14.9. The number of hydrogen-bond acceptors (Lipinski definition) is 1. The zero-order chi connectivity index (χ0) is 10.5. The fourth-order valence-electron chi connectivity index (χ4n) is 3.78. The molecule has 2 fully saturated rings. The second-order valence-electron chi connectivity index (χ2n) is 5.58. The van der Waals surface area contributed by atoms with Gasteiger partial charge in [-0.25, -0.2) is 0 Å². The van der Waals surface area contributed by atoms with Gasteiger partial charge >= 0.3 is 0 Å². The summed E-state index contributed by atoms with van der Waals surface area (Å²) in [6, 6.07) is 0. The summed E-state index contributed by atoms with van der Waals surface area (Å²) in [5, 5.41) is 3.64. The van der Waals surface area contributed by atoms with Gasteiger partial charge < -0.3 is 5.32 Å². The first-order valence-corrected chi connectivity index (χ1v) is 7.12. The van der Waals surface area contributed by atoms with Crippen LogP contribution in [0.1, 0.15) is 58.3 Å². The SMILES string of the molecule is CCC1CCCCC1C1CCCCNC1. The van der Waals surface area contributed by atoms with Crippen LogP contribution in [0.5, 0.6) is 0 Å². The van der Waals surface area contributed by atoms with Crippen LogP contribution in [0.4, 0.5) is 0 Å². The van der Waals surface area contributed by atoms with Gasteiger partial charge in [-0.05, 0) is 50.1 Å². The van der Waals surface area contributed by atoms with Crippen LogP contribution >= 0.6 is 0 Å². The van der Waals surface area contributed by atoms with E-state index < -0.39 is 0 Å². The lowest BCUT2D eigenvalue weighted by Crippen LogP contribution is -2.32. The Morgan fingerprint density at radius 3 is 2.67 bits per heavy atom. The van der Waals surface area contributed by atoms with Crippen LogP contribution in [0.3, 0.4) is 0 Å². The van der Waals surface area contributed by atoms with Gasteiger partial charge in [0.1, 0.15) is 0 Å². The van der Waals surface area contributed by atoms with E-state index in [1.807, 2.05) is 0 Å². The molecule has 3 atom stereocenters. The average Bonchev–Trinajstić information content (AvgIpc) is 2.57. The minimum Gasteiger partial charge on any atom is -0.316 e. The largest absolute Gasteiger partial charge is 0.316 e. The van der Waals surface area contributed by atoms with Gasteiger partial charge in [-0.15, -0.1) is 0 Å². The first-order valence-electron chi connectivity index (χ1n) is 7.12. The Labute approximate surface area is 95.0 Å². The molecule has 1 N–H and O–H groups in total. The summed E-state index contributed by atoms with van der Waals surface area (Å²) >= 11 is 0. The Kier molecular flexibility index (Phi) is 4.49. The maximum absolute atomic E-state index is 3.64. The van der Waals surface area contributed by atoms with E-state index in [9.17, 15) is 0 Å². The molecule has 0 radical (unpaired) electrons. The van der Waals surface area contributed by atoms with E-state index in [1.165, 1.54) is 64.5 Å². The molecule has 0 aromatic rings. The molecule has 88 valence electrons. The normalized spacial score (nSPS) is 38.6. The fourth-order valence-corrected chi connectivity index (χ4v) is 3.78. The van der Waals surface area contributed by atoms with E-state index in [4.69, 9.17) is 0 Å². The molecule has 0 spiro atoms. The molecule has 2 rings (SSSR count). The smallest absolute Gasteiger partial charge is 0.00178 e. The molecule has 0 aromatic heterocycles. The molecule has 0 aromatic carbocycles. The molecule has 3 unspecified atom stereocenters. The van der Waals surface area contributed by atoms with E-state index in [1.54, 1.807) is 0 Å². The maximum Gasteiger partial charge on any atom is -0.00178 e. The van der Waals surface area contributed by atoms with Crippen LogP contribution in [-0.4, -0.2) is 13.1 Å². The second-order valence-corrected chi connectivity index (χ2v) is 5.58. The van der Waals surface area contributed by atoms with Gasteiger partial charge in [0.05, 0.1) is 0 Å². The van der Waals surface area contributed by atoms with Crippen LogP contribution in [0, 0.1) is 17.8 Å². The van der Waals surface area contributed by atoms with E-state index in [2.05, 4.69) is 12.2 Å². The van der Waals surface area contributed by atoms with Crippen LogP contribution in [0.25, 0.3) is 0 Å². The van der Waals surface area contributed by atoms with E-state index >= 15 is 0 Å². The molecule has 1 saturated carbocycles. The molecular formula is C14H27N. The molecule has 0 bridgehead atoms. The molecule has 2 aliphatic rings. The standard InChI is InChI=1S/C14H27N/c1-2-12-7-3-4-9-14(12)13-8-5-6-10-15-11-13/h12-15H,2-11H2,1H3. The summed E-state index contributed by atoms with van der Waals surface area (Å²) < 4.78 is 0. The minimum atomic E-state index is 0.998. The molecule has 1 aliphatic carbocycles. The van der Waals surface area contributed by atoms with Gasteiger partial charge in [0, 0.05) is 0 Å². The first kappa shape index (κ1) is 11.4. The lowest BCUT2D eigenvalue weighted by Gasteiger charge is -2.36. The highest BCUT2D eigenvalue weighted by Crippen LogP contribution is 2.39. The molecule has 15 heavy (non-hydrogen) atoms. The van der Waals surface area contributed by atoms with Crippen molar-refractivity contribution in [1.82, 2.24) is 5.32 Å². The summed E-state index contributed by atoms with van der Waals surface area (Å²) in [5.41, 5.74) is 0. The lowest BCUT2D eigenvalue weighted by atomic mass is 9.70. The van der Waals surface area contributed by atoms with Crippen molar-refractivity contribution in [2.75, 3.05) is 13.1 Å². The van der Waals surface area contributed by atoms with Gasteiger partial charge in [-0.3, -0.25) is 0 Å². The van der Waals surface area contributed by atoms with Crippen LogP contribution in [-0.2, 0) is 0 Å². The Morgan fingerprint density at radius 2 is 1.80 bits per heavy atom. The molecule has 1 heterocycles. The van der Waals surface area contributed by atoms with Gasteiger partial charge in [0.2, 0.25) is 0 Å². The Bertz CT molecular complexity index is 170. The highest BCUT2D eigenvalue weighted by Gasteiger charge is 2.30. The summed E-state index contributed by atoms with van der Waals surface area (Å²) in [7, 11) is 0. The average molecular weight is 209 g/mol. The van der Waals surface area contributed by atoms with Crippen molar-refractivity contribution in [2.24, 2.45) is 17.8 Å². The number of hydrogen-bond donors (Lipinski definition) is 1.